The van der Waals surface area contributed by atoms with Crippen LogP contribution in [0.4, 0.5) is 5.82 Å². The Kier molecular flexibility index (Phi) is 5.91. The highest BCUT2D eigenvalue weighted by Crippen LogP contribution is 2.45. The first-order valence-electron chi connectivity index (χ1n) is 13.3. The van der Waals surface area contributed by atoms with Gasteiger partial charge in [0, 0.05) is 18.5 Å². The number of benzene rings is 2. The van der Waals surface area contributed by atoms with Crippen molar-refractivity contribution in [3.05, 3.63) is 83.4 Å². The number of fused-ring (bicyclic) bond motifs is 2. The maximum atomic E-state index is 9.94. The second-order valence-electron chi connectivity index (χ2n) is 10.9. The molecule has 5 heterocycles. The smallest absolute Gasteiger partial charge is 0.226 e. The molecular formula is C29H30ClN5O4. The van der Waals surface area contributed by atoms with E-state index in [-0.39, 0.29) is 17.3 Å². The molecule has 1 N–H and O–H groups in total. The van der Waals surface area contributed by atoms with E-state index in [1.165, 1.54) is 11.1 Å². The fraction of sp³-hybridized carbons (Fsp3) is 0.414. The van der Waals surface area contributed by atoms with Gasteiger partial charge in [-0.15, -0.1) is 0 Å². The highest BCUT2D eigenvalue weighted by molar-refractivity contribution is 6.28. The Hall–Kier alpha value is -3.08. The van der Waals surface area contributed by atoms with Gasteiger partial charge in [0.05, 0.1) is 12.9 Å². The predicted molar refractivity (Wildman–Crippen MR) is 146 cm³/mol. The van der Waals surface area contributed by atoms with Crippen molar-refractivity contribution >= 4 is 28.6 Å². The molecule has 7 rings (SSSR count). The molecule has 0 bridgehead atoms. The Morgan fingerprint density at radius 2 is 1.64 bits per heavy atom. The SMILES string of the molecule is CC1(C)O[C@@H]2[C@H](O1)[C@@H](CO)O[C@H]2n1cnc2c(N3CCC(c4ccccc4)(c4ccccc4)C3)nc(Cl)nc21. The minimum atomic E-state index is -0.785. The average molecular weight is 548 g/mol. The van der Waals surface area contributed by atoms with Crippen LogP contribution >= 0.6 is 11.6 Å². The molecular weight excluding hydrogens is 518 g/mol. The Balaban J connectivity index is 1.28. The first kappa shape index (κ1) is 24.9. The summed E-state index contributed by atoms with van der Waals surface area (Å²) in [5.74, 6) is -0.0955. The van der Waals surface area contributed by atoms with Crippen molar-refractivity contribution in [2.24, 2.45) is 0 Å². The number of hydrogen-bond donors (Lipinski definition) is 1. The molecule has 9 nitrogen and oxygen atoms in total. The van der Waals surface area contributed by atoms with Crippen molar-refractivity contribution in [2.75, 3.05) is 24.6 Å². The van der Waals surface area contributed by atoms with E-state index in [4.69, 9.17) is 30.8 Å². The zero-order valence-electron chi connectivity index (χ0n) is 21.8. The van der Waals surface area contributed by atoms with Crippen LogP contribution in [0, 0.1) is 0 Å². The quantitative estimate of drug-likeness (QED) is 0.373. The zero-order chi connectivity index (χ0) is 26.8. The summed E-state index contributed by atoms with van der Waals surface area (Å²) in [5, 5.41) is 10.1. The molecule has 2 aromatic carbocycles. The number of aliphatic hydroxyl groups excluding tert-OH is 1. The molecule has 0 unspecified atom stereocenters. The summed E-state index contributed by atoms with van der Waals surface area (Å²) >= 11 is 6.53. The third kappa shape index (κ3) is 4.03. The minimum Gasteiger partial charge on any atom is -0.394 e. The van der Waals surface area contributed by atoms with Crippen molar-refractivity contribution in [3.8, 4) is 0 Å². The summed E-state index contributed by atoms with van der Waals surface area (Å²) in [6, 6.07) is 21.3. The van der Waals surface area contributed by atoms with E-state index >= 15 is 0 Å². The first-order chi connectivity index (χ1) is 18.9. The van der Waals surface area contributed by atoms with E-state index in [1.54, 1.807) is 6.33 Å². The van der Waals surface area contributed by atoms with Gasteiger partial charge < -0.3 is 24.2 Å². The number of rotatable bonds is 5. The molecule has 0 saturated carbocycles. The lowest BCUT2D eigenvalue weighted by atomic mass is 9.74. The zero-order valence-corrected chi connectivity index (χ0v) is 22.5. The predicted octanol–water partition coefficient (Wildman–Crippen LogP) is 4.09. The van der Waals surface area contributed by atoms with Crippen LogP contribution in [0.5, 0.6) is 0 Å². The second-order valence-corrected chi connectivity index (χ2v) is 11.3. The summed E-state index contributed by atoms with van der Waals surface area (Å²) in [4.78, 5) is 16.2. The van der Waals surface area contributed by atoms with E-state index in [0.29, 0.717) is 17.0 Å². The summed E-state index contributed by atoms with van der Waals surface area (Å²) in [7, 11) is 0. The number of ether oxygens (including phenoxy) is 3. The van der Waals surface area contributed by atoms with Crippen LogP contribution in [0.25, 0.3) is 11.2 Å². The molecule has 0 amide bonds. The molecule has 0 spiro atoms. The number of aromatic nitrogens is 4. The molecule has 0 aliphatic carbocycles. The van der Waals surface area contributed by atoms with Crippen LogP contribution in [0.3, 0.4) is 0 Å². The molecule has 4 atom stereocenters. The van der Waals surface area contributed by atoms with Crippen LogP contribution in [-0.2, 0) is 19.6 Å². The maximum Gasteiger partial charge on any atom is 0.226 e. The van der Waals surface area contributed by atoms with Crippen LogP contribution in [0.2, 0.25) is 5.28 Å². The van der Waals surface area contributed by atoms with Gasteiger partial charge in [-0.25, -0.2) is 4.98 Å². The molecule has 10 heteroatoms. The van der Waals surface area contributed by atoms with Gasteiger partial charge in [0.1, 0.15) is 18.3 Å². The summed E-state index contributed by atoms with van der Waals surface area (Å²) < 4.78 is 20.2. The standard InChI is InChI=1S/C29H30ClN5O4/c1-28(2)38-22-20(15-36)37-26(23(22)39-28)35-17-31-21-24(32-27(30)33-25(21)35)34-14-13-29(16-34,18-9-5-3-6-10-18)19-11-7-4-8-12-19/h3-12,17,20,22-23,26,36H,13-16H2,1-2H3/t20-,22-,23-,26-/m1/s1. The van der Waals surface area contributed by atoms with Crippen LogP contribution < -0.4 is 4.90 Å². The first-order valence-corrected chi connectivity index (χ1v) is 13.6. The number of anilines is 1. The number of nitrogens with zero attached hydrogens (tertiary/aromatic N) is 5. The van der Waals surface area contributed by atoms with E-state index in [0.717, 1.165) is 19.5 Å². The number of imidazole rings is 1. The summed E-state index contributed by atoms with van der Waals surface area (Å²) in [6.45, 7) is 5.04. The van der Waals surface area contributed by atoms with E-state index < -0.39 is 30.3 Å². The monoisotopic (exact) mass is 547 g/mol. The molecule has 3 fully saturated rings. The van der Waals surface area contributed by atoms with Gasteiger partial charge in [-0.2, -0.15) is 9.97 Å². The van der Waals surface area contributed by atoms with E-state index in [2.05, 4.69) is 63.4 Å². The lowest BCUT2D eigenvalue weighted by Gasteiger charge is -2.31. The van der Waals surface area contributed by atoms with Gasteiger partial charge in [0.2, 0.25) is 5.28 Å². The van der Waals surface area contributed by atoms with E-state index in [9.17, 15) is 5.11 Å². The van der Waals surface area contributed by atoms with Gasteiger partial charge in [0.25, 0.3) is 0 Å². The third-order valence-electron chi connectivity index (χ3n) is 8.18. The molecule has 202 valence electrons. The van der Waals surface area contributed by atoms with Crippen molar-refractivity contribution in [1.29, 1.82) is 0 Å². The van der Waals surface area contributed by atoms with Gasteiger partial charge >= 0.3 is 0 Å². The fourth-order valence-electron chi connectivity index (χ4n) is 6.46. The van der Waals surface area contributed by atoms with Crippen LogP contribution in [0.15, 0.2) is 67.0 Å². The number of hydrogen-bond acceptors (Lipinski definition) is 8. The average Bonchev–Trinajstić information content (AvgIpc) is 3.71. The molecule has 39 heavy (non-hydrogen) atoms. The largest absolute Gasteiger partial charge is 0.394 e. The Labute approximate surface area is 231 Å². The lowest BCUT2D eigenvalue weighted by Crippen LogP contribution is -2.32. The summed E-state index contributed by atoms with van der Waals surface area (Å²) in [5.41, 5.74) is 3.52. The Morgan fingerprint density at radius 1 is 0.974 bits per heavy atom. The van der Waals surface area contributed by atoms with Gasteiger partial charge in [0.15, 0.2) is 29.0 Å². The van der Waals surface area contributed by atoms with Gasteiger partial charge in [-0.05, 0) is 43.0 Å². The number of aliphatic hydroxyl groups is 1. The van der Waals surface area contributed by atoms with Crippen LogP contribution in [0.1, 0.15) is 37.6 Å². The normalized spacial score (nSPS) is 27.3. The Bertz CT molecular complexity index is 1460. The molecule has 2 aromatic heterocycles. The topological polar surface area (TPSA) is 94.8 Å². The van der Waals surface area contributed by atoms with Crippen molar-refractivity contribution in [3.63, 3.8) is 0 Å². The molecule has 3 aliphatic heterocycles. The number of halogens is 1. The van der Waals surface area contributed by atoms with Gasteiger partial charge in [-0.1, -0.05) is 60.7 Å². The second kappa shape index (κ2) is 9.25. The summed E-state index contributed by atoms with van der Waals surface area (Å²) in [6.07, 6.45) is 0.671. The lowest BCUT2D eigenvalue weighted by molar-refractivity contribution is -0.199. The molecule has 3 saturated heterocycles. The van der Waals surface area contributed by atoms with E-state index in [1.807, 2.05) is 30.5 Å². The van der Waals surface area contributed by atoms with Crippen molar-refractivity contribution in [2.45, 2.75) is 56.0 Å². The molecule has 3 aliphatic rings. The Morgan fingerprint density at radius 3 is 2.31 bits per heavy atom. The fourth-order valence-corrected chi connectivity index (χ4v) is 6.62. The van der Waals surface area contributed by atoms with Crippen LogP contribution in [-0.4, -0.2) is 68.4 Å². The van der Waals surface area contributed by atoms with Crippen molar-refractivity contribution < 1.29 is 19.3 Å². The van der Waals surface area contributed by atoms with Crippen molar-refractivity contribution in [1.82, 2.24) is 19.5 Å². The molecule has 4 aromatic rings. The van der Waals surface area contributed by atoms with Gasteiger partial charge in [-0.3, -0.25) is 4.57 Å². The highest BCUT2D eigenvalue weighted by atomic mass is 35.5. The highest BCUT2D eigenvalue weighted by Gasteiger charge is 2.56. The third-order valence-corrected chi connectivity index (χ3v) is 8.35. The molecule has 0 radical (unpaired) electrons. The minimum absolute atomic E-state index is 0.133. The maximum absolute atomic E-state index is 9.94.